The molecule has 1 atom stereocenters. The molecular formula is C18H26Cl2N2O2. The number of hydrogen-bond acceptors (Lipinski definition) is 4. The van der Waals surface area contributed by atoms with Crippen molar-refractivity contribution in [1.82, 2.24) is 4.90 Å². The Kier molecular flexibility index (Phi) is 10.2. The van der Waals surface area contributed by atoms with Crippen LogP contribution in [-0.2, 0) is 16.1 Å². The topological polar surface area (TPSA) is 63.4 Å². The van der Waals surface area contributed by atoms with Crippen LogP contribution in [-0.4, -0.2) is 34.5 Å². The molecule has 134 valence electrons. The van der Waals surface area contributed by atoms with E-state index in [0.29, 0.717) is 12.5 Å². The predicted molar refractivity (Wildman–Crippen MR) is 99.0 cm³/mol. The van der Waals surface area contributed by atoms with Gasteiger partial charge in [-0.05, 0) is 61.1 Å². The summed E-state index contributed by atoms with van der Waals surface area (Å²) in [5.74, 6) is -0.410. The molecule has 24 heavy (non-hydrogen) atoms. The van der Waals surface area contributed by atoms with Gasteiger partial charge in [-0.3, -0.25) is 14.5 Å². The lowest BCUT2D eigenvalue weighted by Gasteiger charge is -2.29. The molecule has 1 aliphatic rings. The van der Waals surface area contributed by atoms with E-state index in [1.807, 2.05) is 0 Å². The van der Waals surface area contributed by atoms with Crippen molar-refractivity contribution in [1.29, 1.82) is 0 Å². The number of benzene rings is 1. The largest absolute Gasteiger partial charge is 0.328 e. The average molecular weight is 373 g/mol. The Balaban J connectivity index is 0.000000257. The lowest BCUT2D eigenvalue weighted by atomic mass is 10.1. The lowest BCUT2D eigenvalue weighted by molar-refractivity contribution is -0.119. The molecule has 0 amide bonds. The molecule has 1 aromatic rings. The summed E-state index contributed by atoms with van der Waals surface area (Å²) < 4.78 is 0. The quantitative estimate of drug-likeness (QED) is 0.775. The SMILES string of the molecule is CCC(CC(=O)Cl)C(=O)Cl.NC1CCN(Cc2ccccc2)CC1. The average Bonchev–Trinajstić information content (AvgIpc) is 2.56. The van der Waals surface area contributed by atoms with Gasteiger partial charge < -0.3 is 5.73 Å². The molecule has 0 bridgehead atoms. The third-order valence-corrected chi connectivity index (χ3v) is 4.56. The molecule has 0 saturated carbocycles. The van der Waals surface area contributed by atoms with E-state index in [1.165, 1.54) is 5.56 Å². The van der Waals surface area contributed by atoms with E-state index in [2.05, 4.69) is 35.2 Å². The number of rotatable bonds is 6. The van der Waals surface area contributed by atoms with Gasteiger partial charge in [-0.25, -0.2) is 0 Å². The van der Waals surface area contributed by atoms with Gasteiger partial charge in [0.25, 0.3) is 0 Å². The van der Waals surface area contributed by atoms with Gasteiger partial charge in [0.05, 0.1) is 0 Å². The fourth-order valence-corrected chi connectivity index (χ4v) is 2.95. The molecule has 0 aliphatic carbocycles. The van der Waals surface area contributed by atoms with Gasteiger partial charge in [0.15, 0.2) is 0 Å². The van der Waals surface area contributed by atoms with Crippen molar-refractivity contribution in [3.05, 3.63) is 35.9 Å². The van der Waals surface area contributed by atoms with E-state index in [0.717, 1.165) is 32.5 Å². The van der Waals surface area contributed by atoms with Crippen molar-refractivity contribution in [2.75, 3.05) is 13.1 Å². The summed E-state index contributed by atoms with van der Waals surface area (Å²) in [4.78, 5) is 23.2. The minimum atomic E-state index is -0.513. The molecule has 1 aromatic carbocycles. The van der Waals surface area contributed by atoms with Gasteiger partial charge in [-0.15, -0.1) is 0 Å². The smallest absolute Gasteiger partial charge is 0.225 e. The lowest BCUT2D eigenvalue weighted by Crippen LogP contribution is -2.39. The molecule has 0 aromatic heterocycles. The van der Waals surface area contributed by atoms with Crippen LogP contribution < -0.4 is 5.73 Å². The number of likely N-dealkylation sites (tertiary alicyclic amines) is 1. The third kappa shape index (κ3) is 8.78. The van der Waals surface area contributed by atoms with Crippen LogP contribution in [0.4, 0.5) is 0 Å². The van der Waals surface area contributed by atoms with E-state index in [-0.39, 0.29) is 6.42 Å². The van der Waals surface area contributed by atoms with E-state index in [9.17, 15) is 9.59 Å². The zero-order chi connectivity index (χ0) is 17.9. The highest BCUT2D eigenvalue weighted by atomic mass is 35.5. The van der Waals surface area contributed by atoms with Crippen LogP contribution in [0, 0.1) is 5.92 Å². The van der Waals surface area contributed by atoms with Gasteiger partial charge in [-0.2, -0.15) is 0 Å². The van der Waals surface area contributed by atoms with Crippen molar-refractivity contribution in [2.45, 2.75) is 45.2 Å². The van der Waals surface area contributed by atoms with Gasteiger partial charge in [0.2, 0.25) is 10.5 Å². The number of carbonyl (C=O) groups excluding carboxylic acids is 2. The molecule has 1 fully saturated rings. The van der Waals surface area contributed by atoms with Gasteiger partial charge in [0, 0.05) is 24.9 Å². The van der Waals surface area contributed by atoms with E-state index in [4.69, 9.17) is 28.9 Å². The molecular weight excluding hydrogens is 347 g/mol. The van der Waals surface area contributed by atoms with Crippen LogP contribution in [0.25, 0.3) is 0 Å². The second-order valence-corrected chi connectivity index (χ2v) is 6.86. The molecule has 2 rings (SSSR count). The zero-order valence-corrected chi connectivity index (χ0v) is 15.6. The molecule has 4 nitrogen and oxygen atoms in total. The number of halogens is 2. The highest BCUT2D eigenvalue weighted by molar-refractivity contribution is 6.66. The van der Waals surface area contributed by atoms with Crippen molar-refractivity contribution >= 4 is 33.7 Å². The Morgan fingerprint density at radius 3 is 2.21 bits per heavy atom. The Hall–Kier alpha value is -0.940. The van der Waals surface area contributed by atoms with Gasteiger partial charge in [0.1, 0.15) is 0 Å². The molecule has 0 spiro atoms. The van der Waals surface area contributed by atoms with Crippen LogP contribution in [0.15, 0.2) is 30.3 Å². The minimum absolute atomic E-state index is 0.0421. The monoisotopic (exact) mass is 372 g/mol. The second-order valence-electron chi connectivity index (χ2n) is 6.07. The maximum Gasteiger partial charge on any atom is 0.225 e. The zero-order valence-electron chi connectivity index (χ0n) is 14.1. The van der Waals surface area contributed by atoms with Crippen LogP contribution in [0.2, 0.25) is 0 Å². The summed E-state index contributed by atoms with van der Waals surface area (Å²) in [6.07, 6.45) is 2.89. The Morgan fingerprint density at radius 2 is 1.79 bits per heavy atom. The molecule has 6 heteroatoms. The van der Waals surface area contributed by atoms with Crippen molar-refractivity contribution in [3.63, 3.8) is 0 Å². The normalized spacial score (nSPS) is 16.8. The van der Waals surface area contributed by atoms with E-state index < -0.39 is 16.4 Å². The first-order valence-electron chi connectivity index (χ1n) is 8.31. The van der Waals surface area contributed by atoms with Gasteiger partial charge >= 0.3 is 0 Å². The maximum atomic E-state index is 10.5. The number of piperidine rings is 1. The first kappa shape index (κ1) is 21.1. The molecule has 1 aliphatic heterocycles. The summed E-state index contributed by atoms with van der Waals surface area (Å²) >= 11 is 10.2. The van der Waals surface area contributed by atoms with Crippen molar-refractivity contribution in [2.24, 2.45) is 11.7 Å². The van der Waals surface area contributed by atoms with Crippen LogP contribution in [0.1, 0.15) is 38.2 Å². The van der Waals surface area contributed by atoms with Gasteiger partial charge in [-0.1, -0.05) is 37.3 Å². The van der Waals surface area contributed by atoms with Crippen LogP contribution in [0.5, 0.6) is 0 Å². The molecule has 0 radical (unpaired) electrons. The Morgan fingerprint density at radius 1 is 1.21 bits per heavy atom. The Labute approximate surface area is 154 Å². The fourth-order valence-electron chi connectivity index (χ4n) is 2.53. The van der Waals surface area contributed by atoms with E-state index >= 15 is 0 Å². The maximum absolute atomic E-state index is 10.5. The minimum Gasteiger partial charge on any atom is -0.328 e. The van der Waals surface area contributed by atoms with E-state index in [1.54, 1.807) is 6.92 Å². The first-order valence-corrected chi connectivity index (χ1v) is 9.07. The Bertz CT molecular complexity index is 503. The number of nitrogens with zero attached hydrogens (tertiary/aromatic N) is 1. The van der Waals surface area contributed by atoms with Crippen molar-refractivity contribution < 1.29 is 9.59 Å². The summed E-state index contributed by atoms with van der Waals surface area (Å²) in [6, 6.07) is 11.1. The number of carbonyl (C=O) groups is 2. The van der Waals surface area contributed by atoms with Crippen LogP contribution >= 0.6 is 23.2 Å². The molecule has 1 saturated heterocycles. The summed E-state index contributed by atoms with van der Waals surface area (Å²) in [7, 11) is 0. The fraction of sp³-hybridized carbons (Fsp3) is 0.556. The first-order chi connectivity index (χ1) is 11.4. The standard InChI is InChI=1S/C12H18N2.C6H8Cl2O2/c13-12-6-8-14(9-7-12)10-11-4-2-1-3-5-11;1-2-4(6(8)10)3-5(7)9/h1-5,12H,6-10,13H2;4H,2-3H2,1H3. The predicted octanol–water partition coefficient (Wildman–Crippen LogP) is 3.54. The summed E-state index contributed by atoms with van der Waals surface area (Å²) in [6.45, 7) is 5.16. The molecule has 1 unspecified atom stereocenters. The molecule has 1 heterocycles. The highest BCUT2D eigenvalue weighted by Gasteiger charge is 2.16. The van der Waals surface area contributed by atoms with Crippen LogP contribution in [0.3, 0.4) is 0 Å². The highest BCUT2D eigenvalue weighted by Crippen LogP contribution is 2.13. The third-order valence-electron chi connectivity index (χ3n) is 4.10. The van der Waals surface area contributed by atoms with Crippen molar-refractivity contribution in [3.8, 4) is 0 Å². The number of nitrogens with two attached hydrogens (primary N) is 1. The number of hydrogen-bond donors (Lipinski definition) is 1. The summed E-state index contributed by atoms with van der Waals surface area (Å²) in [5.41, 5.74) is 7.27. The summed E-state index contributed by atoms with van der Waals surface area (Å²) in [5, 5.41) is -1.00. The molecule has 2 N–H and O–H groups in total. The second kappa shape index (κ2) is 11.6.